The summed E-state index contributed by atoms with van der Waals surface area (Å²) >= 11 is 0. The first-order valence-corrected chi connectivity index (χ1v) is 7.46. The van der Waals surface area contributed by atoms with E-state index in [0.717, 1.165) is 18.8 Å². The standard InChI is InChI=1S/C17H20O2/c1-17(2)9-7-12-10(13(17)8-9)3-4-11-14(18)5-6-15(19)16(11)12/h3,5-6,9,11-13,16H,4,7-8H2,1-2H3/t9?,11-,12-,13?,16+/m0/s1. The molecule has 0 saturated heterocycles. The molecule has 0 aromatic carbocycles. The summed E-state index contributed by atoms with van der Waals surface area (Å²) in [5.41, 5.74) is 1.91. The van der Waals surface area contributed by atoms with Gasteiger partial charge in [0, 0.05) is 11.8 Å². The zero-order valence-electron chi connectivity index (χ0n) is 11.6. The van der Waals surface area contributed by atoms with Crippen LogP contribution in [0.5, 0.6) is 0 Å². The minimum atomic E-state index is -0.0631. The van der Waals surface area contributed by atoms with Gasteiger partial charge in [-0.1, -0.05) is 25.5 Å². The van der Waals surface area contributed by atoms with Crippen LogP contribution in [-0.4, -0.2) is 11.6 Å². The summed E-state index contributed by atoms with van der Waals surface area (Å²) in [7, 11) is 0. The Morgan fingerprint density at radius 1 is 1.05 bits per heavy atom. The van der Waals surface area contributed by atoms with Crippen LogP contribution in [0.1, 0.15) is 33.1 Å². The molecule has 19 heavy (non-hydrogen) atoms. The van der Waals surface area contributed by atoms with Gasteiger partial charge >= 0.3 is 0 Å². The van der Waals surface area contributed by atoms with E-state index >= 15 is 0 Å². The highest BCUT2D eigenvalue weighted by Crippen LogP contribution is 2.65. The second-order valence-electron chi connectivity index (χ2n) is 7.36. The predicted molar refractivity (Wildman–Crippen MR) is 72.3 cm³/mol. The van der Waals surface area contributed by atoms with E-state index in [0.29, 0.717) is 17.3 Å². The van der Waals surface area contributed by atoms with Crippen LogP contribution in [0.15, 0.2) is 23.8 Å². The number of hydrogen-bond donors (Lipinski definition) is 0. The topological polar surface area (TPSA) is 34.1 Å². The molecule has 5 atom stereocenters. The number of allylic oxidation sites excluding steroid dienone is 4. The molecule has 2 heteroatoms. The van der Waals surface area contributed by atoms with Crippen molar-refractivity contribution in [2.45, 2.75) is 33.1 Å². The Labute approximate surface area is 113 Å². The van der Waals surface area contributed by atoms with E-state index < -0.39 is 0 Å². The van der Waals surface area contributed by atoms with Gasteiger partial charge in [0.05, 0.1) is 0 Å². The average molecular weight is 256 g/mol. The largest absolute Gasteiger partial charge is 0.295 e. The number of carbonyl (C=O) groups is 2. The van der Waals surface area contributed by atoms with Crippen LogP contribution >= 0.6 is 0 Å². The Hall–Kier alpha value is -1.18. The van der Waals surface area contributed by atoms with E-state index in [2.05, 4.69) is 19.9 Å². The molecule has 3 saturated carbocycles. The van der Waals surface area contributed by atoms with Gasteiger partial charge in [0.15, 0.2) is 11.6 Å². The van der Waals surface area contributed by atoms with Crippen molar-refractivity contribution in [1.82, 2.24) is 0 Å². The van der Waals surface area contributed by atoms with Crippen molar-refractivity contribution in [2.75, 3.05) is 0 Å². The van der Waals surface area contributed by atoms with Crippen molar-refractivity contribution in [2.24, 2.45) is 35.0 Å². The molecule has 2 bridgehead atoms. The molecule has 2 nitrogen and oxygen atoms in total. The van der Waals surface area contributed by atoms with Gasteiger partial charge in [0.1, 0.15) is 0 Å². The van der Waals surface area contributed by atoms with Gasteiger partial charge in [-0.25, -0.2) is 0 Å². The molecule has 0 amide bonds. The van der Waals surface area contributed by atoms with Gasteiger partial charge < -0.3 is 0 Å². The van der Waals surface area contributed by atoms with Gasteiger partial charge in [0.25, 0.3) is 0 Å². The molecule has 0 heterocycles. The number of carbonyl (C=O) groups excluding carboxylic acids is 2. The molecule has 0 aromatic heterocycles. The van der Waals surface area contributed by atoms with Crippen molar-refractivity contribution in [3.63, 3.8) is 0 Å². The average Bonchev–Trinajstić information content (AvgIpc) is 2.41. The van der Waals surface area contributed by atoms with Crippen LogP contribution in [0.4, 0.5) is 0 Å². The Morgan fingerprint density at radius 3 is 2.53 bits per heavy atom. The molecule has 5 aliphatic rings. The summed E-state index contributed by atoms with van der Waals surface area (Å²) in [4.78, 5) is 24.2. The Kier molecular flexibility index (Phi) is 2.13. The number of ketones is 2. The first-order chi connectivity index (χ1) is 9.00. The van der Waals surface area contributed by atoms with E-state index in [-0.39, 0.29) is 23.4 Å². The van der Waals surface area contributed by atoms with Gasteiger partial charge in [-0.3, -0.25) is 9.59 Å². The van der Waals surface area contributed by atoms with Crippen LogP contribution < -0.4 is 0 Å². The quantitative estimate of drug-likeness (QED) is 0.624. The van der Waals surface area contributed by atoms with E-state index in [9.17, 15) is 9.59 Å². The lowest BCUT2D eigenvalue weighted by molar-refractivity contribution is -0.135. The molecular weight excluding hydrogens is 236 g/mol. The van der Waals surface area contributed by atoms with Crippen molar-refractivity contribution in [1.29, 1.82) is 0 Å². The van der Waals surface area contributed by atoms with E-state index in [1.807, 2.05) is 0 Å². The molecule has 0 radical (unpaired) electrons. The summed E-state index contributed by atoms with van der Waals surface area (Å²) in [5, 5.41) is 0. The van der Waals surface area contributed by atoms with Crippen molar-refractivity contribution in [3.8, 4) is 0 Å². The summed E-state index contributed by atoms with van der Waals surface area (Å²) in [6.07, 6.45) is 8.52. The first-order valence-electron chi connectivity index (χ1n) is 7.46. The van der Waals surface area contributed by atoms with Gasteiger partial charge in [-0.15, -0.1) is 0 Å². The van der Waals surface area contributed by atoms with Crippen molar-refractivity contribution >= 4 is 11.6 Å². The lowest BCUT2D eigenvalue weighted by Crippen LogP contribution is -2.56. The molecule has 2 unspecified atom stereocenters. The molecule has 5 rings (SSSR count). The van der Waals surface area contributed by atoms with Gasteiger partial charge in [0.2, 0.25) is 0 Å². The molecule has 0 aromatic rings. The molecular formula is C17H20O2. The summed E-state index contributed by atoms with van der Waals surface area (Å²) in [6.45, 7) is 4.73. The second kappa shape index (κ2) is 3.47. The second-order valence-corrected chi connectivity index (χ2v) is 7.36. The van der Waals surface area contributed by atoms with Crippen molar-refractivity contribution < 1.29 is 9.59 Å². The number of rotatable bonds is 0. The minimum absolute atomic E-state index is 0.0427. The summed E-state index contributed by atoms with van der Waals surface area (Å²) < 4.78 is 0. The summed E-state index contributed by atoms with van der Waals surface area (Å²) in [6, 6.07) is 0. The van der Waals surface area contributed by atoms with Crippen LogP contribution in [0, 0.1) is 35.0 Å². The Morgan fingerprint density at radius 2 is 1.79 bits per heavy atom. The third-order valence-electron chi connectivity index (χ3n) is 6.42. The maximum atomic E-state index is 12.2. The zero-order chi connectivity index (χ0) is 13.4. The highest BCUT2D eigenvalue weighted by molar-refractivity contribution is 6.07. The number of hydrogen-bond acceptors (Lipinski definition) is 2. The summed E-state index contributed by atoms with van der Waals surface area (Å²) in [5.74, 6) is 2.01. The van der Waals surface area contributed by atoms with Gasteiger partial charge in [-0.05, 0) is 54.6 Å². The number of fused-ring (bicyclic) bond motifs is 1. The lowest BCUT2D eigenvalue weighted by Gasteiger charge is -2.62. The van der Waals surface area contributed by atoms with E-state index in [4.69, 9.17) is 0 Å². The van der Waals surface area contributed by atoms with E-state index in [1.54, 1.807) is 0 Å². The minimum Gasteiger partial charge on any atom is -0.295 e. The third-order valence-corrected chi connectivity index (χ3v) is 6.42. The highest BCUT2D eigenvalue weighted by Gasteiger charge is 2.59. The van der Waals surface area contributed by atoms with Crippen LogP contribution in [0.3, 0.4) is 0 Å². The molecule has 100 valence electrons. The van der Waals surface area contributed by atoms with Crippen LogP contribution in [0.25, 0.3) is 0 Å². The monoisotopic (exact) mass is 256 g/mol. The van der Waals surface area contributed by atoms with E-state index in [1.165, 1.54) is 24.1 Å². The maximum absolute atomic E-state index is 12.2. The fourth-order valence-corrected chi connectivity index (χ4v) is 5.11. The van der Waals surface area contributed by atoms with Crippen LogP contribution in [-0.2, 0) is 9.59 Å². The maximum Gasteiger partial charge on any atom is 0.160 e. The van der Waals surface area contributed by atoms with Crippen LogP contribution in [0.2, 0.25) is 0 Å². The highest BCUT2D eigenvalue weighted by atomic mass is 16.1. The Balaban J connectivity index is 1.75. The van der Waals surface area contributed by atoms with Crippen molar-refractivity contribution in [3.05, 3.63) is 23.8 Å². The smallest absolute Gasteiger partial charge is 0.160 e. The Bertz CT molecular complexity index is 537. The first kappa shape index (κ1) is 11.6. The predicted octanol–water partition coefficient (Wildman–Crippen LogP) is 2.94. The molecule has 0 N–H and O–H groups in total. The lowest BCUT2D eigenvalue weighted by atomic mass is 9.42. The molecule has 5 aliphatic carbocycles. The SMILES string of the molecule is CC1(C)C2CC1C1=CC[C@H]3C(=O)C=CC(=O)[C@H]3[C@H]1C2. The molecule has 3 fully saturated rings. The fraction of sp³-hybridized carbons (Fsp3) is 0.647. The third kappa shape index (κ3) is 1.32. The fourth-order valence-electron chi connectivity index (χ4n) is 5.11. The van der Waals surface area contributed by atoms with Gasteiger partial charge in [-0.2, -0.15) is 0 Å². The normalized spacial score (nSPS) is 46.0. The zero-order valence-corrected chi connectivity index (χ0v) is 11.6. The molecule has 0 spiro atoms. The molecule has 0 aliphatic heterocycles.